The molecule has 3 rings (SSSR count). The molecule has 0 radical (unpaired) electrons. The van der Waals surface area contributed by atoms with Crippen LogP contribution in [0.1, 0.15) is 55.5 Å². The molecule has 1 aromatic rings. The van der Waals surface area contributed by atoms with E-state index >= 15 is 0 Å². The number of nitrogens with zero attached hydrogens (tertiary/aromatic N) is 2. The minimum atomic E-state index is 0. The van der Waals surface area contributed by atoms with Crippen LogP contribution in [0.2, 0.25) is 0 Å². The van der Waals surface area contributed by atoms with E-state index in [1.807, 2.05) is 17.0 Å². The fraction of sp³-hybridized carbons (Fsp3) is 0.650. The lowest BCUT2D eigenvalue weighted by atomic mass is 9.92. The summed E-state index contributed by atoms with van der Waals surface area (Å²) in [5, 5.41) is 0. The number of hydrogen-bond acceptors (Lipinski definition) is 3. The Morgan fingerprint density at radius 1 is 1.19 bits per heavy atom. The van der Waals surface area contributed by atoms with Crippen LogP contribution in [-0.4, -0.2) is 47.4 Å². The van der Waals surface area contributed by atoms with Gasteiger partial charge >= 0.3 is 0 Å². The minimum Gasteiger partial charge on any atom is -0.334 e. The van der Waals surface area contributed by atoms with Gasteiger partial charge in [-0.05, 0) is 55.8 Å². The van der Waals surface area contributed by atoms with E-state index in [1.54, 1.807) is 0 Å². The molecule has 4 nitrogen and oxygen atoms in total. The molecule has 1 aromatic carbocycles. The Hall–Kier alpha value is -0.810. The topological polar surface area (TPSA) is 49.6 Å². The fourth-order valence-electron chi connectivity index (χ4n) is 3.83. The number of nitrogens with two attached hydrogens (primary N) is 1. The molecule has 1 saturated heterocycles. The van der Waals surface area contributed by atoms with Crippen LogP contribution in [0.4, 0.5) is 0 Å². The molecular formula is C20H33Cl2N3O. The van der Waals surface area contributed by atoms with Crippen LogP contribution >= 0.6 is 24.8 Å². The van der Waals surface area contributed by atoms with Gasteiger partial charge < -0.3 is 10.6 Å². The number of halogens is 2. The van der Waals surface area contributed by atoms with Gasteiger partial charge in [0.15, 0.2) is 0 Å². The molecule has 2 unspecified atom stereocenters. The standard InChI is InChI=1S/C20H31N3O.2ClH/c1-3-22(18-8-9-18)14-16-4-6-17(7-5-16)20(24)23-11-10-15(2)12-19(23)13-21;;/h4-7,15,18-19H,3,8-14,21H2,1-2H3;2*1H. The fourth-order valence-corrected chi connectivity index (χ4v) is 3.83. The molecule has 1 aliphatic carbocycles. The Bertz CT molecular complexity index is 563. The number of piperidine rings is 1. The van der Waals surface area contributed by atoms with E-state index in [4.69, 9.17) is 5.73 Å². The zero-order valence-corrected chi connectivity index (χ0v) is 17.5. The summed E-state index contributed by atoms with van der Waals surface area (Å²) >= 11 is 0. The maximum absolute atomic E-state index is 12.8. The average Bonchev–Trinajstić information content (AvgIpc) is 3.44. The second kappa shape index (κ2) is 10.5. The maximum Gasteiger partial charge on any atom is 0.254 e. The summed E-state index contributed by atoms with van der Waals surface area (Å²) in [5.74, 6) is 0.797. The zero-order chi connectivity index (χ0) is 17.1. The predicted molar refractivity (Wildman–Crippen MR) is 112 cm³/mol. The number of likely N-dealkylation sites (tertiary alicyclic amines) is 1. The molecule has 1 aliphatic heterocycles. The molecule has 0 spiro atoms. The maximum atomic E-state index is 12.8. The van der Waals surface area contributed by atoms with Crippen molar-refractivity contribution in [2.45, 2.75) is 58.2 Å². The number of rotatable bonds is 6. The third-order valence-electron chi connectivity index (χ3n) is 5.57. The first-order chi connectivity index (χ1) is 11.6. The summed E-state index contributed by atoms with van der Waals surface area (Å²) in [6, 6.07) is 9.17. The van der Waals surface area contributed by atoms with E-state index in [1.165, 1.54) is 18.4 Å². The molecule has 0 bridgehead atoms. The monoisotopic (exact) mass is 401 g/mol. The Morgan fingerprint density at radius 3 is 2.38 bits per heavy atom. The molecule has 1 heterocycles. The van der Waals surface area contributed by atoms with Crippen molar-refractivity contribution < 1.29 is 4.79 Å². The first-order valence-corrected chi connectivity index (χ1v) is 9.46. The van der Waals surface area contributed by atoms with Crippen molar-refractivity contribution in [2.24, 2.45) is 11.7 Å². The Labute approximate surface area is 170 Å². The quantitative estimate of drug-likeness (QED) is 0.789. The number of hydrogen-bond donors (Lipinski definition) is 1. The van der Waals surface area contributed by atoms with Crippen LogP contribution in [0, 0.1) is 5.92 Å². The third kappa shape index (κ3) is 5.59. The van der Waals surface area contributed by atoms with E-state index in [2.05, 4.69) is 30.9 Å². The average molecular weight is 402 g/mol. The predicted octanol–water partition coefficient (Wildman–Crippen LogP) is 3.71. The van der Waals surface area contributed by atoms with Gasteiger partial charge in [0.2, 0.25) is 0 Å². The summed E-state index contributed by atoms with van der Waals surface area (Å²) in [6.45, 7) is 7.94. The Balaban J connectivity index is 0.00000169. The minimum absolute atomic E-state index is 0. The summed E-state index contributed by atoms with van der Waals surface area (Å²) in [6.07, 6.45) is 4.76. The number of carbonyl (C=O) groups excluding carboxylic acids is 1. The molecule has 148 valence electrons. The third-order valence-corrected chi connectivity index (χ3v) is 5.57. The molecule has 1 amide bonds. The highest BCUT2D eigenvalue weighted by molar-refractivity contribution is 5.94. The van der Waals surface area contributed by atoms with Crippen molar-refractivity contribution in [3.63, 3.8) is 0 Å². The SMILES string of the molecule is CCN(Cc1ccc(C(=O)N2CCC(C)CC2CN)cc1)C1CC1.Cl.Cl. The van der Waals surface area contributed by atoms with Crippen molar-refractivity contribution in [3.8, 4) is 0 Å². The van der Waals surface area contributed by atoms with Crippen molar-refractivity contribution in [1.29, 1.82) is 0 Å². The van der Waals surface area contributed by atoms with Gasteiger partial charge in [-0.1, -0.05) is 26.0 Å². The van der Waals surface area contributed by atoms with Gasteiger partial charge in [0.25, 0.3) is 5.91 Å². The molecule has 2 N–H and O–H groups in total. The van der Waals surface area contributed by atoms with Gasteiger partial charge in [-0.25, -0.2) is 0 Å². The molecule has 2 atom stereocenters. The van der Waals surface area contributed by atoms with E-state index < -0.39 is 0 Å². The zero-order valence-electron chi connectivity index (χ0n) is 15.9. The summed E-state index contributed by atoms with van der Waals surface area (Å²) in [4.78, 5) is 17.3. The molecular weight excluding hydrogens is 369 g/mol. The summed E-state index contributed by atoms with van der Waals surface area (Å²) < 4.78 is 0. The molecule has 6 heteroatoms. The lowest BCUT2D eigenvalue weighted by Gasteiger charge is -2.38. The second-order valence-electron chi connectivity index (χ2n) is 7.51. The summed E-state index contributed by atoms with van der Waals surface area (Å²) in [7, 11) is 0. The number of amides is 1. The Kier molecular flexibility index (Phi) is 9.39. The number of carbonyl (C=O) groups is 1. The highest BCUT2D eigenvalue weighted by atomic mass is 35.5. The van der Waals surface area contributed by atoms with Gasteiger partial charge in [-0.2, -0.15) is 0 Å². The lowest BCUT2D eigenvalue weighted by Crippen LogP contribution is -2.49. The van der Waals surface area contributed by atoms with Crippen LogP contribution in [-0.2, 0) is 6.54 Å². The Morgan fingerprint density at radius 2 is 1.85 bits per heavy atom. The van der Waals surface area contributed by atoms with Crippen LogP contribution in [0.5, 0.6) is 0 Å². The smallest absolute Gasteiger partial charge is 0.254 e. The molecule has 2 fully saturated rings. The van der Waals surface area contributed by atoms with E-state index in [0.717, 1.165) is 44.1 Å². The number of benzene rings is 1. The first kappa shape index (κ1) is 23.2. The summed E-state index contributed by atoms with van der Waals surface area (Å²) in [5.41, 5.74) is 7.99. The van der Waals surface area contributed by atoms with Gasteiger partial charge in [0.1, 0.15) is 0 Å². The molecule has 2 aliphatic rings. The molecule has 0 aromatic heterocycles. The highest BCUT2D eigenvalue weighted by Crippen LogP contribution is 2.28. The molecule has 26 heavy (non-hydrogen) atoms. The van der Waals surface area contributed by atoms with Crippen molar-refractivity contribution in [3.05, 3.63) is 35.4 Å². The van der Waals surface area contributed by atoms with Gasteiger partial charge in [-0.3, -0.25) is 9.69 Å². The van der Waals surface area contributed by atoms with Crippen molar-refractivity contribution >= 4 is 30.7 Å². The van der Waals surface area contributed by atoms with Crippen molar-refractivity contribution in [2.75, 3.05) is 19.6 Å². The van der Waals surface area contributed by atoms with Gasteiger partial charge in [-0.15, -0.1) is 24.8 Å². The first-order valence-electron chi connectivity index (χ1n) is 9.46. The largest absolute Gasteiger partial charge is 0.334 e. The lowest BCUT2D eigenvalue weighted by molar-refractivity contribution is 0.0573. The van der Waals surface area contributed by atoms with Crippen LogP contribution in [0.25, 0.3) is 0 Å². The molecule has 1 saturated carbocycles. The van der Waals surface area contributed by atoms with Crippen molar-refractivity contribution in [1.82, 2.24) is 9.80 Å². The normalized spacial score (nSPS) is 22.5. The van der Waals surface area contributed by atoms with Gasteiger partial charge in [0.05, 0.1) is 0 Å². The second-order valence-corrected chi connectivity index (χ2v) is 7.51. The van der Waals surface area contributed by atoms with E-state index in [9.17, 15) is 4.79 Å². The van der Waals surface area contributed by atoms with Crippen LogP contribution < -0.4 is 5.73 Å². The highest BCUT2D eigenvalue weighted by Gasteiger charge is 2.30. The van der Waals surface area contributed by atoms with Crippen LogP contribution in [0.3, 0.4) is 0 Å². The van der Waals surface area contributed by atoms with Gasteiger partial charge in [0, 0.05) is 37.3 Å². The van der Waals surface area contributed by atoms with E-state index in [-0.39, 0.29) is 36.8 Å². The van der Waals surface area contributed by atoms with Crippen LogP contribution in [0.15, 0.2) is 24.3 Å². The van der Waals surface area contributed by atoms with E-state index in [0.29, 0.717) is 12.5 Å².